The summed E-state index contributed by atoms with van der Waals surface area (Å²) >= 11 is 0. The van der Waals surface area contributed by atoms with Gasteiger partial charge in [-0.3, -0.25) is 14.8 Å². The zero-order valence-electron chi connectivity index (χ0n) is 22.6. The third kappa shape index (κ3) is 4.39. The molecule has 3 fully saturated rings. The van der Waals surface area contributed by atoms with Crippen LogP contribution in [0.2, 0.25) is 0 Å². The maximum absolute atomic E-state index is 13.6. The van der Waals surface area contributed by atoms with Crippen molar-refractivity contribution in [2.75, 3.05) is 0 Å². The molecule has 202 valence electrons. The van der Waals surface area contributed by atoms with Crippen molar-refractivity contribution in [3.05, 3.63) is 53.3 Å². The van der Waals surface area contributed by atoms with Crippen LogP contribution in [-0.2, 0) is 16.5 Å². The number of carbonyl (C=O) groups excluding carboxylic acids is 1. The molecule has 8 heteroatoms. The summed E-state index contributed by atoms with van der Waals surface area (Å²) in [6.07, 6.45) is 1.24. The Hall–Kier alpha value is -2.35. The lowest BCUT2D eigenvalue weighted by Crippen LogP contribution is -2.51. The van der Waals surface area contributed by atoms with Crippen molar-refractivity contribution < 1.29 is 18.0 Å². The minimum atomic E-state index is -4.43. The Morgan fingerprint density at radius 3 is 2.43 bits per heavy atom. The molecule has 1 saturated heterocycles. The highest BCUT2D eigenvalue weighted by atomic mass is 19.4. The number of fused-ring (bicyclic) bond motifs is 2. The first-order valence-corrected chi connectivity index (χ1v) is 13.4. The van der Waals surface area contributed by atoms with Crippen molar-refractivity contribution in [3.8, 4) is 0 Å². The van der Waals surface area contributed by atoms with E-state index in [0.717, 1.165) is 24.6 Å². The topological polar surface area (TPSA) is 59.0 Å². The third-order valence-electron chi connectivity index (χ3n) is 9.95. The molecule has 2 bridgehead atoms. The molecular weight excluding hydrogens is 477 g/mol. The lowest BCUT2D eigenvalue weighted by molar-refractivity contribution is -0.137. The van der Waals surface area contributed by atoms with Gasteiger partial charge in [0.2, 0.25) is 5.91 Å². The molecule has 2 heterocycles. The zero-order chi connectivity index (χ0) is 27.0. The largest absolute Gasteiger partial charge is 0.416 e. The van der Waals surface area contributed by atoms with Crippen molar-refractivity contribution in [3.63, 3.8) is 0 Å². The number of amides is 1. The van der Waals surface area contributed by atoms with Crippen LogP contribution in [-0.4, -0.2) is 27.8 Å². The molecular formula is C29H39F3N4O. The quantitative estimate of drug-likeness (QED) is 0.511. The van der Waals surface area contributed by atoms with Crippen LogP contribution in [0.1, 0.15) is 96.0 Å². The molecule has 5 rings (SSSR count). The molecule has 5 nitrogen and oxygen atoms in total. The standard InChI is InChI=1S/C29H39F3N4O/c1-26(2,3)36-13-11-21(35-36)20-16-22(33-24(20)17-8-7-9-19(14-17)29(30,31)32)25(37)34-23-15-18-10-12-28(23,6)27(18,4)5/h7-9,11,13-14,18,20,22-24,33H,10,12,15-16H2,1-6H3,(H,34,37)/t18?,20?,22-,23-,24-,28-/m0/s1. The fourth-order valence-corrected chi connectivity index (χ4v) is 7.11. The molecule has 1 amide bonds. The van der Waals surface area contributed by atoms with E-state index in [0.29, 0.717) is 17.9 Å². The van der Waals surface area contributed by atoms with Crippen LogP contribution < -0.4 is 10.6 Å². The van der Waals surface area contributed by atoms with Crippen LogP contribution in [0.25, 0.3) is 0 Å². The number of carbonyl (C=O) groups is 1. The molecule has 2 N–H and O–H groups in total. The van der Waals surface area contributed by atoms with Gasteiger partial charge in [0.1, 0.15) is 0 Å². The average Bonchev–Trinajstić information content (AvgIpc) is 3.54. The maximum Gasteiger partial charge on any atom is 0.416 e. The first-order valence-electron chi connectivity index (χ1n) is 13.4. The van der Waals surface area contributed by atoms with Gasteiger partial charge in [0.25, 0.3) is 0 Å². The number of hydrogen-bond acceptors (Lipinski definition) is 3. The van der Waals surface area contributed by atoms with Crippen molar-refractivity contribution >= 4 is 5.91 Å². The predicted molar refractivity (Wildman–Crippen MR) is 137 cm³/mol. The number of rotatable bonds is 4. The molecule has 2 saturated carbocycles. The highest BCUT2D eigenvalue weighted by Gasteiger charge is 2.61. The molecule has 1 aromatic heterocycles. The number of nitrogens with one attached hydrogen (secondary N) is 2. The van der Waals surface area contributed by atoms with Gasteiger partial charge in [-0.15, -0.1) is 0 Å². The van der Waals surface area contributed by atoms with Crippen LogP contribution in [0.3, 0.4) is 0 Å². The van der Waals surface area contributed by atoms with Crippen molar-refractivity contribution in [1.82, 2.24) is 20.4 Å². The van der Waals surface area contributed by atoms with Gasteiger partial charge in [0.15, 0.2) is 0 Å². The molecule has 1 aliphatic heterocycles. The van der Waals surface area contributed by atoms with Crippen LogP contribution in [0.15, 0.2) is 36.5 Å². The lowest BCUT2D eigenvalue weighted by atomic mass is 9.69. The van der Waals surface area contributed by atoms with E-state index in [2.05, 4.69) is 52.2 Å². The molecule has 2 aliphatic carbocycles. The van der Waals surface area contributed by atoms with E-state index >= 15 is 0 Å². The van der Waals surface area contributed by atoms with Gasteiger partial charge < -0.3 is 5.32 Å². The van der Waals surface area contributed by atoms with Crippen LogP contribution in [0.5, 0.6) is 0 Å². The molecule has 2 unspecified atom stereocenters. The highest BCUT2D eigenvalue weighted by Crippen LogP contribution is 2.65. The van der Waals surface area contributed by atoms with Gasteiger partial charge >= 0.3 is 6.18 Å². The summed E-state index contributed by atoms with van der Waals surface area (Å²) in [7, 11) is 0. The van der Waals surface area contributed by atoms with Crippen molar-refractivity contribution in [2.24, 2.45) is 16.7 Å². The second kappa shape index (κ2) is 8.58. The first-order chi connectivity index (χ1) is 17.1. The Morgan fingerprint density at radius 1 is 1.14 bits per heavy atom. The molecule has 0 spiro atoms. The number of halogens is 3. The molecule has 1 aromatic carbocycles. The van der Waals surface area contributed by atoms with Crippen molar-refractivity contribution in [1.29, 1.82) is 0 Å². The third-order valence-corrected chi connectivity index (χ3v) is 9.95. The van der Waals surface area contributed by atoms with Crippen LogP contribution in [0.4, 0.5) is 13.2 Å². The number of alkyl halides is 3. The van der Waals surface area contributed by atoms with Crippen LogP contribution in [0, 0.1) is 16.7 Å². The van der Waals surface area contributed by atoms with Gasteiger partial charge in [-0.2, -0.15) is 18.3 Å². The number of nitrogens with zero attached hydrogens (tertiary/aromatic N) is 2. The fourth-order valence-electron chi connectivity index (χ4n) is 7.11. The number of benzene rings is 1. The van der Waals surface area contributed by atoms with E-state index in [1.165, 1.54) is 18.6 Å². The Balaban J connectivity index is 1.42. The minimum absolute atomic E-state index is 0.0528. The molecule has 2 aromatic rings. The summed E-state index contributed by atoms with van der Waals surface area (Å²) in [5.74, 6) is 0.311. The first kappa shape index (κ1) is 26.3. The Bertz CT molecular complexity index is 1180. The monoisotopic (exact) mass is 516 g/mol. The van der Waals surface area contributed by atoms with E-state index in [-0.39, 0.29) is 34.2 Å². The zero-order valence-corrected chi connectivity index (χ0v) is 22.6. The fraction of sp³-hybridized carbons (Fsp3) is 0.655. The van der Waals surface area contributed by atoms with E-state index in [9.17, 15) is 18.0 Å². The summed E-state index contributed by atoms with van der Waals surface area (Å²) in [4.78, 5) is 13.6. The second-order valence-electron chi connectivity index (χ2n) is 13.2. The summed E-state index contributed by atoms with van der Waals surface area (Å²) in [5, 5.41) is 11.5. The van der Waals surface area contributed by atoms with Gasteiger partial charge in [-0.05, 0) is 87.0 Å². The van der Waals surface area contributed by atoms with Gasteiger partial charge in [-0.25, -0.2) is 0 Å². The normalized spacial score (nSPS) is 33.2. The highest BCUT2D eigenvalue weighted by molar-refractivity contribution is 5.83. The van der Waals surface area contributed by atoms with Gasteiger partial charge in [0, 0.05) is 24.2 Å². The van der Waals surface area contributed by atoms with Gasteiger partial charge in [-0.1, -0.05) is 32.9 Å². The second-order valence-corrected chi connectivity index (χ2v) is 13.2. The molecule has 6 atom stereocenters. The predicted octanol–water partition coefficient (Wildman–Crippen LogP) is 6.17. The van der Waals surface area contributed by atoms with Crippen molar-refractivity contribution in [2.45, 2.75) is 103 Å². The molecule has 3 aliphatic rings. The van der Waals surface area contributed by atoms with Crippen LogP contribution >= 0.6 is 0 Å². The SMILES string of the molecule is CC(C)(C)n1ccc(C2C[C@@H](C(=O)N[C@H]3CC4CC[C@]3(C)C4(C)C)N[C@H]2c2cccc(C(F)(F)F)c2)n1. The lowest BCUT2D eigenvalue weighted by Gasteiger charge is -2.39. The smallest absolute Gasteiger partial charge is 0.351 e. The summed E-state index contributed by atoms with van der Waals surface area (Å²) in [6.45, 7) is 13.1. The van der Waals surface area contributed by atoms with E-state index in [4.69, 9.17) is 5.10 Å². The molecule has 0 radical (unpaired) electrons. The summed E-state index contributed by atoms with van der Waals surface area (Å²) in [6, 6.07) is 6.52. The van der Waals surface area contributed by atoms with E-state index < -0.39 is 23.8 Å². The summed E-state index contributed by atoms with van der Waals surface area (Å²) < 4.78 is 42.4. The Labute approximate surface area is 217 Å². The van der Waals surface area contributed by atoms with Gasteiger partial charge in [0.05, 0.1) is 22.8 Å². The number of hydrogen-bond donors (Lipinski definition) is 2. The average molecular weight is 517 g/mol. The Morgan fingerprint density at radius 2 is 1.86 bits per heavy atom. The Kier molecular flexibility index (Phi) is 6.09. The van der Waals surface area contributed by atoms with E-state index in [1.807, 2.05) is 16.9 Å². The molecule has 37 heavy (non-hydrogen) atoms. The summed E-state index contributed by atoms with van der Waals surface area (Å²) in [5.41, 5.74) is 0.628. The maximum atomic E-state index is 13.6. The number of aromatic nitrogens is 2. The minimum Gasteiger partial charge on any atom is -0.351 e. The van der Waals surface area contributed by atoms with E-state index in [1.54, 1.807) is 6.07 Å².